The molecule has 0 radical (unpaired) electrons. The second kappa shape index (κ2) is 6.44. The molecular weight excluding hydrogens is 356 g/mol. The molecule has 7 heteroatoms. The number of carbonyl (C=O) groups excluding carboxylic acids is 1. The van der Waals surface area contributed by atoms with Crippen LogP contribution < -0.4 is 0 Å². The van der Waals surface area contributed by atoms with Crippen molar-refractivity contribution in [1.82, 2.24) is 19.2 Å². The van der Waals surface area contributed by atoms with Gasteiger partial charge in [-0.2, -0.15) is 0 Å². The van der Waals surface area contributed by atoms with Crippen LogP contribution in [0.15, 0.2) is 35.8 Å². The van der Waals surface area contributed by atoms with Gasteiger partial charge in [-0.25, -0.2) is 4.98 Å². The summed E-state index contributed by atoms with van der Waals surface area (Å²) in [6, 6.07) is 7.99. The number of imidazole rings is 1. The van der Waals surface area contributed by atoms with Gasteiger partial charge in [0.1, 0.15) is 5.69 Å². The van der Waals surface area contributed by atoms with Gasteiger partial charge in [0, 0.05) is 42.8 Å². The SMILES string of the molecule is CC1CN(C(=O)c2csc3nc(-c4ccccc4Cl)cn23)CCN1C. The fourth-order valence-electron chi connectivity index (χ4n) is 3.13. The van der Waals surface area contributed by atoms with Gasteiger partial charge < -0.3 is 9.80 Å². The van der Waals surface area contributed by atoms with Crippen LogP contribution in [0.2, 0.25) is 5.02 Å². The van der Waals surface area contributed by atoms with Crippen molar-refractivity contribution in [3.63, 3.8) is 0 Å². The molecule has 1 atom stereocenters. The molecule has 0 saturated carbocycles. The summed E-state index contributed by atoms with van der Waals surface area (Å²) in [7, 11) is 2.10. The van der Waals surface area contributed by atoms with Gasteiger partial charge in [0.25, 0.3) is 5.91 Å². The zero-order chi connectivity index (χ0) is 17.6. The summed E-state index contributed by atoms with van der Waals surface area (Å²) in [6.07, 6.45) is 1.90. The van der Waals surface area contributed by atoms with Crippen LogP contribution >= 0.6 is 22.9 Å². The van der Waals surface area contributed by atoms with Gasteiger partial charge in [0.15, 0.2) is 4.96 Å². The van der Waals surface area contributed by atoms with Crippen molar-refractivity contribution in [2.24, 2.45) is 0 Å². The molecule has 1 amide bonds. The minimum atomic E-state index is 0.0642. The highest BCUT2D eigenvalue weighted by Crippen LogP contribution is 2.29. The Morgan fingerprint density at radius 3 is 2.88 bits per heavy atom. The maximum Gasteiger partial charge on any atom is 0.271 e. The molecule has 0 N–H and O–H groups in total. The lowest BCUT2D eigenvalue weighted by Gasteiger charge is -2.37. The number of likely N-dealkylation sites (N-methyl/N-ethyl adjacent to an activating group) is 1. The second-order valence-electron chi connectivity index (χ2n) is 6.46. The molecule has 3 heterocycles. The van der Waals surface area contributed by atoms with Crippen LogP contribution in [0.5, 0.6) is 0 Å². The summed E-state index contributed by atoms with van der Waals surface area (Å²) >= 11 is 7.76. The molecule has 1 aliphatic rings. The molecule has 4 rings (SSSR count). The maximum atomic E-state index is 13.0. The minimum Gasteiger partial charge on any atom is -0.334 e. The number of hydrogen-bond acceptors (Lipinski definition) is 4. The first kappa shape index (κ1) is 16.6. The topological polar surface area (TPSA) is 40.9 Å². The van der Waals surface area contributed by atoms with Gasteiger partial charge in [-0.3, -0.25) is 9.20 Å². The fraction of sp³-hybridized carbons (Fsp3) is 0.333. The van der Waals surface area contributed by atoms with Crippen molar-refractivity contribution >= 4 is 33.8 Å². The van der Waals surface area contributed by atoms with Crippen molar-refractivity contribution in [2.45, 2.75) is 13.0 Å². The first-order chi connectivity index (χ1) is 12.0. The van der Waals surface area contributed by atoms with Crippen molar-refractivity contribution < 1.29 is 4.79 Å². The number of piperazine rings is 1. The van der Waals surface area contributed by atoms with E-state index in [1.165, 1.54) is 11.3 Å². The van der Waals surface area contributed by atoms with E-state index in [4.69, 9.17) is 11.6 Å². The lowest BCUT2D eigenvalue weighted by Crippen LogP contribution is -2.52. The number of nitrogens with zero attached hydrogens (tertiary/aromatic N) is 4. The summed E-state index contributed by atoms with van der Waals surface area (Å²) in [5.41, 5.74) is 2.34. The third-order valence-electron chi connectivity index (χ3n) is 4.82. The number of fused-ring (bicyclic) bond motifs is 1. The number of aromatic nitrogens is 2. The number of benzene rings is 1. The van der Waals surface area contributed by atoms with E-state index < -0.39 is 0 Å². The third-order valence-corrected chi connectivity index (χ3v) is 5.99. The van der Waals surface area contributed by atoms with E-state index in [0.717, 1.165) is 35.9 Å². The molecule has 1 fully saturated rings. The smallest absolute Gasteiger partial charge is 0.271 e. The monoisotopic (exact) mass is 374 g/mol. The van der Waals surface area contributed by atoms with Gasteiger partial charge in [-0.15, -0.1) is 11.3 Å². The predicted molar refractivity (Wildman–Crippen MR) is 102 cm³/mol. The highest BCUT2D eigenvalue weighted by atomic mass is 35.5. The van der Waals surface area contributed by atoms with E-state index in [2.05, 4.69) is 23.9 Å². The van der Waals surface area contributed by atoms with Crippen LogP contribution in [-0.2, 0) is 0 Å². The number of amides is 1. The van der Waals surface area contributed by atoms with E-state index in [1.54, 1.807) is 0 Å². The third kappa shape index (κ3) is 2.94. The zero-order valence-electron chi connectivity index (χ0n) is 14.1. The number of carbonyl (C=O) groups is 1. The first-order valence-electron chi connectivity index (χ1n) is 8.25. The summed E-state index contributed by atoms with van der Waals surface area (Å²) in [5.74, 6) is 0.0642. The van der Waals surface area contributed by atoms with Crippen molar-refractivity contribution in [1.29, 1.82) is 0 Å². The molecule has 1 aliphatic heterocycles. The molecule has 0 aliphatic carbocycles. The van der Waals surface area contributed by atoms with Gasteiger partial charge in [0.2, 0.25) is 0 Å². The Balaban J connectivity index is 1.67. The highest BCUT2D eigenvalue weighted by Gasteiger charge is 2.27. The van der Waals surface area contributed by atoms with Gasteiger partial charge in [-0.1, -0.05) is 29.8 Å². The van der Waals surface area contributed by atoms with E-state index in [-0.39, 0.29) is 5.91 Å². The number of rotatable bonds is 2. The van der Waals surface area contributed by atoms with Crippen LogP contribution in [0.25, 0.3) is 16.2 Å². The molecule has 5 nitrogen and oxygen atoms in total. The first-order valence-corrected chi connectivity index (χ1v) is 9.51. The molecule has 3 aromatic rings. The van der Waals surface area contributed by atoms with Crippen LogP contribution in [0.1, 0.15) is 17.4 Å². The van der Waals surface area contributed by atoms with Crippen molar-refractivity contribution in [2.75, 3.05) is 26.7 Å². The molecule has 1 unspecified atom stereocenters. The normalized spacial score (nSPS) is 18.8. The Kier molecular flexibility index (Phi) is 4.27. The predicted octanol–water partition coefficient (Wildman–Crippen LogP) is 3.49. The zero-order valence-corrected chi connectivity index (χ0v) is 15.7. The average molecular weight is 375 g/mol. The summed E-state index contributed by atoms with van der Waals surface area (Å²) in [6.45, 7) is 4.55. The highest BCUT2D eigenvalue weighted by molar-refractivity contribution is 7.15. The average Bonchev–Trinajstić information content (AvgIpc) is 3.17. The van der Waals surface area contributed by atoms with Crippen LogP contribution in [-0.4, -0.2) is 57.8 Å². The fourth-order valence-corrected chi connectivity index (χ4v) is 4.21. The molecule has 1 saturated heterocycles. The number of hydrogen-bond donors (Lipinski definition) is 0. The maximum absolute atomic E-state index is 13.0. The number of thiazole rings is 1. The summed E-state index contributed by atoms with van der Waals surface area (Å²) in [4.78, 5) is 22.6. The van der Waals surface area contributed by atoms with E-state index in [0.29, 0.717) is 16.8 Å². The molecule has 0 bridgehead atoms. The van der Waals surface area contributed by atoms with E-state index in [9.17, 15) is 4.79 Å². The van der Waals surface area contributed by atoms with E-state index >= 15 is 0 Å². The Morgan fingerprint density at radius 1 is 1.32 bits per heavy atom. The molecule has 130 valence electrons. The molecule has 0 spiro atoms. The minimum absolute atomic E-state index is 0.0642. The Labute approximate surface area is 155 Å². The van der Waals surface area contributed by atoms with Crippen LogP contribution in [0.3, 0.4) is 0 Å². The molecule has 25 heavy (non-hydrogen) atoms. The van der Waals surface area contributed by atoms with Gasteiger partial charge >= 0.3 is 0 Å². The largest absolute Gasteiger partial charge is 0.334 e. The summed E-state index contributed by atoms with van der Waals surface area (Å²) in [5, 5.41) is 2.55. The lowest BCUT2D eigenvalue weighted by molar-refractivity contribution is 0.0566. The number of halogens is 1. The molecule has 1 aromatic carbocycles. The molecular formula is C18H19ClN4OS. The quantitative estimate of drug-likeness (QED) is 0.689. The van der Waals surface area contributed by atoms with Crippen molar-refractivity contribution in [3.8, 4) is 11.3 Å². The standard InChI is InChI=1S/C18H19ClN4OS/c1-12-9-22(8-7-21(12)2)17(24)16-11-25-18-20-15(10-23(16)18)13-5-3-4-6-14(13)19/h3-6,10-12H,7-9H2,1-2H3. The van der Waals surface area contributed by atoms with Gasteiger partial charge in [0.05, 0.1) is 10.7 Å². The summed E-state index contributed by atoms with van der Waals surface area (Å²) < 4.78 is 1.88. The Morgan fingerprint density at radius 2 is 2.12 bits per heavy atom. The van der Waals surface area contributed by atoms with Crippen LogP contribution in [0.4, 0.5) is 0 Å². The van der Waals surface area contributed by atoms with Gasteiger partial charge in [-0.05, 0) is 20.0 Å². The lowest BCUT2D eigenvalue weighted by atomic mass is 10.2. The Bertz CT molecular complexity index is 934. The molecule has 2 aromatic heterocycles. The van der Waals surface area contributed by atoms with Crippen LogP contribution in [0, 0.1) is 0 Å². The van der Waals surface area contributed by atoms with Crippen molar-refractivity contribution in [3.05, 3.63) is 46.6 Å². The second-order valence-corrected chi connectivity index (χ2v) is 7.70. The Hall–Kier alpha value is -1.89. The van der Waals surface area contributed by atoms with E-state index in [1.807, 2.05) is 45.1 Å².